The van der Waals surface area contributed by atoms with Crippen molar-refractivity contribution < 1.29 is 4.79 Å². The first-order valence-corrected chi connectivity index (χ1v) is 6.22. The lowest BCUT2D eigenvalue weighted by Crippen LogP contribution is -2.05. The van der Waals surface area contributed by atoms with Gasteiger partial charge in [-0.3, -0.25) is 4.79 Å². The van der Waals surface area contributed by atoms with Crippen LogP contribution in [0.15, 0.2) is 0 Å². The highest BCUT2D eigenvalue weighted by Gasteiger charge is 2.07. The van der Waals surface area contributed by atoms with E-state index in [1.165, 1.54) is 25.7 Å². The first-order valence-electron chi connectivity index (χ1n) is 6.22. The first kappa shape index (κ1) is 13.7. The van der Waals surface area contributed by atoms with Crippen LogP contribution in [0.4, 0.5) is 0 Å². The highest BCUT2D eigenvalue weighted by atomic mass is 16.1. The number of Topliss-reactive ketones (excluding diaryl/α,β-unsaturated/α-hetero) is 1. The van der Waals surface area contributed by atoms with Crippen LogP contribution in [0.5, 0.6) is 0 Å². The summed E-state index contributed by atoms with van der Waals surface area (Å²) in [6.07, 6.45) is 8.92. The van der Waals surface area contributed by atoms with Gasteiger partial charge in [0.1, 0.15) is 5.78 Å². The van der Waals surface area contributed by atoms with Crippen molar-refractivity contribution in [2.45, 2.75) is 72.1 Å². The summed E-state index contributed by atoms with van der Waals surface area (Å²) in [6.45, 7) is 6.56. The van der Waals surface area contributed by atoms with Crippen LogP contribution in [0.1, 0.15) is 72.1 Å². The number of ketones is 1. The van der Waals surface area contributed by atoms with Crippen LogP contribution in [-0.4, -0.2) is 5.78 Å². The van der Waals surface area contributed by atoms with Gasteiger partial charge in [-0.15, -0.1) is 0 Å². The molecule has 0 saturated heterocycles. The Bertz CT molecular complexity index is 140. The zero-order valence-electron chi connectivity index (χ0n) is 10.1. The van der Waals surface area contributed by atoms with Gasteiger partial charge in [-0.1, -0.05) is 52.9 Å². The molecule has 0 spiro atoms. The van der Waals surface area contributed by atoms with Gasteiger partial charge < -0.3 is 0 Å². The number of hydrogen-bond donors (Lipinski definition) is 0. The zero-order chi connectivity index (χ0) is 10.8. The summed E-state index contributed by atoms with van der Waals surface area (Å²) >= 11 is 0. The molecule has 0 amide bonds. The Morgan fingerprint density at radius 3 is 2.29 bits per heavy atom. The molecule has 1 nitrogen and oxygen atoms in total. The predicted octanol–water partition coefficient (Wildman–Crippen LogP) is 4.35. The van der Waals surface area contributed by atoms with E-state index in [0.29, 0.717) is 11.7 Å². The molecule has 0 aliphatic rings. The third-order valence-corrected chi connectivity index (χ3v) is 2.69. The SMILES string of the molecule is CCCCCC(C)CC(=O)CCCC. The van der Waals surface area contributed by atoms with Crippen molar-refractivity contribution in [2.24, 2.45) is 5.92 Å². The maximum atomic E-state index is 11.4. The van der Waals surface area contributed by atoms with Crippen LogP contribution in [-0.2, 0) is 4.79 Å². The molecule has 0 heterocycles. The van der Waals surface area contributed by atoms with E-state index in [2.05, 4.69) is 20.8 Å². The summed E-state index contributed by atoms with van der Waals surface area (Å²) in [7, 11) is 0. The fourth-order valence-electron chi connectivity index (χ4n) is 1.71. The molecule has 0 bridgehead atoms. The van der Waals surface area contributed by atoms with Crippen LogP contribution < -0.4 is 0 Å². The second-order valence-corrected chi connectivity index (χ2v) is 4.45. The fourth-order valence-corrected chi connectivity index (χ4v) is 1.71. The molecule has 1 unspecified atom stereocenters. The number of carbonyl (C=O) groups excluding carboxylic acids is 1. The minimum absolute atomic E-state index is 0.468. The van der Waals surface area contributed by atoms with E-state index in [0.717, 1.165) is 25.7 Å². The standard InChI is InChI=1S/C13H26O/c1-4-6-8-9-12(3)11-13(14)10-7-5-2/h12H,4-11H2,1-3H3. The highest BCUT2D eigenvalue weighted by Crippen LogP contribution is 2.14. The molecule has 0 aromatic carbocycles. The molecule has 1 atom stereocenters. The van der Waals surface area contributed by atoms with Gasteiger partial charge in [0.25, 0.3) is 0 Å². The van der Waals surface area contributed by atoms with Crippen molar-refractivity contribution in [1.82, 2.24) is 0 Å². The Labute approximate surface area is 89.3 Å². The van der Waals surface area contributed by atoms with E-state index < -0.39 is 0 Å². The Hall–Kier alpha value is -0.330. The third kappa shape index (κ3) is 8.28. The highest BCUT2D eigenvalue weighted by molar-refractivity contribution is 5.78. The Balaban J connectivity index is 3.40. The van der Waals surface area contributed by atoms with Crippen molar-refractivity contribution in [3.05, 3.63) is 0 Å². The molecule has 1 heteroatoms. The summed E-state index contributed by atoms with van der Waals surface area (Å²) in [5, 5.41) is 0. The van der Waals surface area contributed by atoms with Crippen molar-refractivity contribution in [3.63, 3.8) is 0 Å². The van der Waals surface area contributed by atoms with Crippen LogP contribution >= 0.6 is 0 Å². The minimum Gasteiger partial charge on any atom is -0.300 e. The van der Waals surface area contributed by atoms with Gasteiger partial charge in [-0.2, -0.15) is 0 Å². The molecular weight excluding hydrogens is 172 g/mol. The third-order valence-electron chi connectivity index (χ3n) is 2.69. The summed E-state index contributed by atoms with van der Waals surface area (Å²) in [4.78, 5) is 11.4. The van der Waals surface area contributed by atoms with Crippen molar-refractivity contribution in [2.75, 3.05) is 0 Å². The van der Waals surface area contributed by atoms with Gasteiger partial charge in [0.05, 0.1) is 0 Å². The van der Waals surface area contributed by atoms with E-state index >= 15 is 0 Å². The molecule has 0 N–H and O–H groups in total. The van der Waals surface area contributed by atoms with E-state index in [4.69, 9.17) is 0 Å². The largest absolute Gasteiger partial charge is 0.300 e. The number of carbonyl (C=O) groups is 1. The molecule has 0 aliphatic heterocycles. The second-order valence-electron chi connectivity index (χ2n) is 4.45. The number of hydrogen-bond acceptors (Lipinski definition) is 1. The van der Waals surface area contributed by atoms with E-state index in [-0.39, 0.29) is 0 Å². The molecule has 14 heavy (non-hydrogen) atoms. The van der Waals surface area contributed by atoms with Crippen molar-refractivity contribution in [3.8, 4) is 0 Å². The molecule has 0 saturated carbocycles. The lowest BCUT2D eigenvalue weighted by atomic mass is 9.96. The van der Waals surface area contributed by atoms with E-state index in [9.17, 15) is 4.79 Å². The smallest absolute Gasteiger partial charge is 0.133 e. The lowest BCUT2D eigenvalue weighted by molar-refractivity contribution is -0.120. The fraction of sp³-hybridized carbons (Fsp3) is 0.923. The van der Waals surface area contributed by atoms with Gasteiger partial charge in [0, 0.05) is 12.8 Å². The van der Waals surface area contributed by atoms with Crippen LogP contribution in [0.3, 0.4) is 0 Å². The average Bonchev–Trinajstić information content (AvgIpc) is 2.15. The second kappa shape index (κ2) is 9.23. The minimum atomic E-state index is 0.468. The van der Waals surface area contributed by atoms with E-state index in [1.807, 2.05) is 0 Å². The Morgan fingerprint density at radius 2 is 1.71 bits per heavy atom. The molecule has 0 aromatic rings. The van der Waals surface area contributed by atoms with Crippen LogP contribution in [0.25, 0.3) is 0 Å². The van der Waals surface area contributed by atoms with E-state index in [1.54, 1.807) is 0 Å². The summed E-state index contributed by atoms with van der Waals surface area (Å²) in [5.74, 6) is 1.07. The predicted molar refractivity (Wildman–Crippen MR) is 62.5 cm³/mol. The molecule has 0 aliphatic carbocycles. The van der Waals surface area contributed by atoms with Gasteiger partial charge in [-0.05, 0) is 12.3 Å². The van der Waals surface area contributed by atoms with Gasteiger partial charge in [-0.25, -0.2) is 0 Å². The number of rotatable bonds is 9. The normalized spacial score (nSPS) is 12.8. The molecule has 0 aromatic heterocycles. The van der Waals surface area contributed by atoms with Gasteiger partial charge >= 0.3 is 0 Å². The quantitative estimate of drug-likeness (QED) is 0.503. The molecule has 0 fully saturated rings. The lowest BCUT2D eigenvalue weighted by Gasteiger charge is -2.09. The maximum Gasteiger partial charge on any atom is 0.133 e. The van der Waals surface area contributed by atoms with Crippen molar-refractivity contribution in [1.29, 1.82) is 0 Å². The molecule has 0 radical (unpaired) electrons. The molecule has 0 rings (SSSR count). The summed E-state index contributed by atoms with van der Waals surface area (Å²) in [6, 6.07) is 0. The molecule has 84 valence electrons. The monoisotopic (exact) mass is 198 g/mol. The average molecular weight is 198 g/mol. The molecular formula is C13H26O. The Kier molecular flexibility index (Phi) is 9.02. The Morgan fingerprint density at radius 1 is 1.07 bits per heavy atom. The summed E-state index contributed by atoms with van der Waals surface area (Å²) < 4.78 is 0. The van der Waals surface area contributed by atoms with Crippen molar-refractivity contribution >= 4 is 5.78 Å². The van der Waals surface area contributed by atoms with Gasteiger partial charge in [0.2, 0.25) is 0 Å². The number of unbranched alkanes of at least 4 members (excludes halogenated alkanes) is 3. The summed E-state index contributed by atoms with van der Waals surface area (Å²) in [5.41, 5.74) is 0. The van der Waals surface area contributed by atoms with Crippen LogP contribution in [0, 0.1) is 5.92 Å². The van der Waals surface area contributed by atoms with Crippen LogP contribution in [0.2, 0.25) is 0 Å². The maximum absolute atomic E-state index is 11.4. The van der Waals surface area contributed by atoms with Gasteiger partial charge in [0.15, 0.2) is 0 Å². The topological polar surface area (TPSA) is 17.1 Å². The first-order chi connectivity index (χ1) is 6.70. The zero-order valence-corrected chi connectivity index (χ0v) is 10.1.